The highest BCUT2D eigenvalue weighted by Crippen LogP contribution is 2.68. The Balaban J connectivity index is 1.18. The summed E-state index contributed by atoms with van der Waals surface area (Å²) in [5.74, 6) is 2.32. The van der Waals surface area contributed by atoms with Gasteiger partial charge in [0.25, 0.3) is 10.1 Å². The highest BCUT2D eigenvalue weighted by Gasteiger charge is 2.63. The average molecular weight is 584 g/mol. The number of rotatable bonds is 9. The lowest BCUT2D eigenvalue weighted by Gasteiger charge is -2.62. The molecule has 0 bridgehead atoms. The number of nitrogens with one attached hydrogen (secondary N) is 1. The van der Waals surface area contributed by atoms with Gasteiger partial charge in [-0.1, -0.05) is 20.8 Å². The van der Waals surface area contributed by atoms with Crippen LogP contribution in [0.25, 0.3) is 0 Å². The minimum absolute atomic E-state index is 0.0571. The third kappa shape index (κ3) is 6.29. The summed E-state index contributed by atoms with van der Waals surface area (Å²) in [6.07, 6.45) is 12.6. The number of amides is 1. The molecule has 1 saturated heterocycles. The number of ether oxygens (including phenoxy) is 2. The maximum atomic E-state index is 12.3. The van der Waals surface area contributed by atoms with Crippen LogP contribution in [0.4, 0.5) is 0 Å². The molecular formula is C31H53NO7S. The van der Waals surface area contributed by atoms with Gasteiger partial charge in [0.2, 0.25) is 5.91 Å². The van der Waals surface area contributed by atoms with Crippen molar-refractivity contribution in [3.8, 4) is 0 Å². The van der Waals surface area contributed by atoms with Crippen molar-refractivity contribution in [2.24, 2.45) is 46.3 Å². The summed E-state index contributed by atoms with van der Waals surface area (Å²) in [4.78, 5) is 12.3. The fraction of sp³-hybridized carbons (Fsp3) is 0.968. The average Bonchev–Trinajstić information content (AvgIpc) is 3.25. The molecule has 0 aromatic heterocycles. The Kier molecular flexibility index (Phi) is 9.29. The maximum absolute atomic E-state index is 12.3. The molecule has 1 unspecified atom stereocenters. The second kappa shape index (κ2) is 12.1. The Morgan fingerprint density at radius 3 is 2.42 bits per heavy atom. The predicted octanol–water partition coefficient (Wildman–Crippen LogP) is 4.60. The molecule has 40 heavy (non-hydrogen) atoms. The van der Waals surface area contributed by atoms with E-state index in [0.717, 1.165) is 58.2 Å². The molecule has 0 spiro atoms. The van der Waals surface area contributed by atoms with Gasteiger partial charge in [-0.2, -0.15) is 8.42 Å². The van der Waals surface area contributed by atoms with Crippen molar-refractivity contribution < 1.29 is 32.3 Å². The molecule has 5 rings (SSSR count). The molecule has 3 N–H and O–H groups in total. The largest absolute Gasteiger partial charge is 0.393 e. The predicted molar refractivity (Wildman–Crippen MR) is 153 cm³/mol. The molecule has 1 aliphatic heterocycles. The van der Waals surface area contributed by atoms with Crippen LogP contribution in [0.3, 0.4) is 0 Å². The number of hydrogen-bond donors (Lipinski definition) is 3. The summed E-state index contributed by atoms with van der Waals surface area (Å²) >= 11 is 0. The number of hydrogen-bond acceptors (Lipinski definition) is 6. The zero-order chi connectivity index (χ0) is 28.7. The van der Waals surface area contributed by atoms with Crippen LogP contribution in [0.5, 0.6) is 0 Å². The van der Waals surface area contributed by atoms with Gasteiger partial charge in [-0.05, 0) is 117 Å². The molecule has 0 aromatic rings. The van der Waals surface area contributed by atoms with E-state index in [1.807, 2.05) is 0 Å². The number of aliphatic hydroxyl groups is 1. The monoisotopic (exact) mass is 583 g/mol. The van der Waals surface area contributed by atoms with Crippen LogP contribution in [0, 0.1) is 46.3 Å². The van der Waals surface area contributed by atoms with Crippen LogP contribution in [-0.4, -0.2) is 67.8 Å². The number of carbonyl (C=O) groups excluding carboxylic acids is 1. The lowest BCUT2D eigenvalue weighted by Crippen LogP contribution is -2.59. The van der Waals surface area contributed by atoms with Crippen molar-refractivity contribution in [1.82, 2.24) is 5.32 Å². The van der Waals surface area contributed by atoms with Gasteiger partial charge >= 0.3 is 0 Å². The molecule has 5 fully saturated rings. The van der Waals surface area contributed by atoms with Gasteiger partial charge in [-0.15, -0.1) is 0 Å². The number of carbonyl (C=O) groups is 1. The molecule has 0 aromatic carbocycles. The molecule has 1 amide bonds. The van der Waals surface area contributed by atoms with Gasteiger partial charge < -0.3 is 19.9 Å². The normalized spacial score (nSPS) is 42.9. The molecule has 4 saturated carbocycles. The highest BCUT2D eigenvalue weighted by molar-refractivity contribution is 7.85. The van der Waals surface area contributed by atoms with Gasteiger partial charge in [0.1, 0.15) is 0 Å². The lowest BCUT2D eigenvalue weighted by molar-refractivity contribution is -0.185. The van der Waals surface area contributed by atoms with Crippen LogP contribution in [-0.2, 0) is 24.4 Å². The topological polar surface area (TPSA) is 122 Å². The minimum atomic E-state index is -4.07. The second-order valence-corrected chi connectivity index (χ2v) is 16.1. The number of fused-ring (bicyclic) bond motifs is 5. The summed E-state index contributed by atoms with van der Waals surface area (Å²) < 4.78 is 42.8. The summed E-state index contributed by atoms with van der Waals surface area (Å²) in [5.41, 5.74) is 0.472. The smallest absolute Gasteiger partial charge is 0.266 e. The Labute approximate surface area is 241 Å². The molecular weight excluding hydrogens is 530 g/mol. The molecule has 8 nitrogen and oxygen atoms in total. The SMILES string of the molecule is C[C@H](CCC(=O)NCCS(=O)(=O)O)[C@H]1CC[C@H]2[C@@H]3[C@@H](O)CC4C[C@H](OC5CCOCC5)CC[C@]4(C)[C@H]3CC[C@]12C. The lowest BCUT2D eigenvalue weighted by atomic mass is 9.43. The van der Waals surface area contributed by atoms with Crippen molar-refractivity contribution in [2.75, 3.05) is 25.5 Å². The van der Waals surface area contributed by atoms with E-state index in [-0.39, 0.29) is 29.4 Å². The highest BCUT2D eigenvalue weighted by atomic mass is 32.2. The van der Waals surface area contributed by atoms with E-state index in [2.05, 4.69) is 26.1 Å². The van der Waals surface area contributed by atoms with Crippen LogP contribution in [0.1, 0.15) is 97.8 Å². The van der Waals surface area contributed by atoms with E-state index in [1.165, 1.54) is 25.7 Å². The van der Waals surface area contributed by atoms with Crippen molar-refractivity contribution in [3.63, 3.8) is 0 Å². The molecule has 230 valence electrons. The van der Waals surface area contributed by atoms with E-state index >= 15 is 0 Å². The Hall–Kier alpha value is -0.740. The first-order valence-electron chi connectivity index (χ1n) is 16.0. The van der Waals surface area contributed by atoms with E-state index in [0.29, 0.717) is 54.1 Å². The van der Waals surface area contributed by atoms with E-state index in [1.54, 1.807) is 0 Å². The van der Waals surface area contributed by atoms with Crippen molar-refractivity contribution in [3.05, 3.63) is 0 Å². The van der Waals surface area contributed by atoms with Gasteiger partial charge in [0.15, 0.2) is 0 Å². The molecule has 9 heteroatoms. The molecule has 4 aliphatic carbocycles. The van der Waals surface area contributed by atoms with Crippen LogP contribution >= 0.6 is 0 Å². The summed E-state index contributed by atoms with van der Waals surface area (Å²) in [6, 6.07) is 0. The van der Waals surface area contributed by atoms with E-state index < -0.39 is 15.9 Å². The Bertz CT molecular complexity index is 1000. The minimum Gasteiger partial charge on any atom is -0.393 e. The quantitative estimate of drug-likeness (QED) is 0.339. The third-order valence-corrected chi connectivity index (χ3v) is 13.2. The zero-order valence-electron chi connectivity index (χ0n) is 24.9. The summed E-state index contributed by atoms with van der Waals surface area (Å²) in [5, 5.41) is 14.3. The summed E-state index contributed by atoms with van der Waals surface area (Å²) in [7, 11) is -4.07. The van der Waals surface area contributed by atoms with E-state index in [4.69, 9.17) is 14.0 Å². The maximum Gasteiger partial charge on any atom is 0.266 e. The van der Waals surface area contributed by atoms with Crippen LogP contribution in [0.15, 0.2) is 0 Å². The number of aliphatic hydroxyl groups excluding tert-OH is 1. The fourth-order valence-corrected chi connectivity index (χ4v) is 10.7. The third-order valence-electron chi connectivity index (χ3n) is 12.5. The standard InChI is InChI=1S/C31H53NO7S/c1-20(4-7-28(34)32-14-17-40(35,36)37)24-5-6-25-29-26(9-13-31(24,25)3)30(2)12-8-23(18-21(30)19-27(29)33)39-22-10-15-38-16-11-22/h20-27,29,33H,4-19H2,1-3H3,(H,32,34)(H,35,36,37)/t20-,21?,23-,24-,25+,26+,27+,29+,30+,31-/m1/s1. The molecule has 5 aliphatic rings. The molecule has 1 heterocycles. The summed E-state index contributed by atoms with van der Waals surface area (Å²) in [6.45, 7) is 8.83. The molecule has 0 radical (unpaired) electrons. The van der Waals surface area contributed by atoms with Gasteiger partial charge in [-0.3, -0.25) is 9.35 Å². The van der Waals surface area contributed by atoms with Crippen molar-refractivity contribution >= 4 is 16.0 Å². The second-order valence-electron chi connectivity index (χ2n) is 14.5. The Morgan fingerprint density at radius 2 is 1.70 bits per heavy atom. The van der Waals surface area contributed by atoms with Crippen LogP contribution in [0.2, 0.25) is 0 Å². The van der Waals surface area contributed by atoms with Crippen LogP contribution < -0.4 is 5.32 Å². The Morgan fingerprint density at radius 1 is 1.00 bits per heavy atom. The zero-order valence-corrected chi connectivity index (χ0v) is 25.7. The first-order chi connectivity index (χ1) is 18.9. The van der Waals surface area contributed by atoms with Gasteiger partial charge in [0, 0.05) is 26.2 Å². The van der Waals surface area contributed by atoms with Crippen molar-refractivity contribution in [2.45, 2.75) is 116 Å². The van der Waals surface area contributed by atoms with Gasteiger partial charge in [-0.25, -0.2) is 0 Å². The fourth-order valence-electron chi connectivity index (χ4n) is 10.3. The first-order valence-corrected chi connectivity index (χ1v) is 17.6. The van der Waals surface area contributed by atoms with Gasteiger partial charge in [0.05, 0.1) is 24.1 Å². The van der Waals surface area contributed by atoms with Crippen molar-refractivity contribution in [1.29, 1.82) is 0 Å². The molecule has 10 atom stereocenters. The first kappa shape index (κ1) is 30.7. The van der Waals surface area contributed by atoms with E-state index in [9.17, 15) is 18.3 Å².